The second kappa shape index (κ2) is 6.57. The van der Waals surface area contributed by atoms with Crippen LogP contribution in [0.25, 0.3) is 11.3 Å². The van der Waals surface area contributed by atoms with Crippen LogP contribution >= 0.6 is 11.3 Å². The fourth-order valence-corrected chi connectivity index (χ4v) is 3.19. The van der Waals surface area contributed by atoms with Crippen molar-refractivity contribution in [3.63, 3.8) is 0 Å². The van der Waals surface area contributed by atoms with Crippen molar-refractivity contribution in [2.24, 2.45) is 0 Å². The number of benzene rings is 1. The van der Waals surface area contributed by atoms with Gasteiger partial charge in [-0.3, -0.25) is 10.1 Å². The molecule has 0 aliphatic carbocycles. The van der Waals surface area contributed by atoms with E-state index in [1.165, 1.54) is 22.5 Å². The smallest absolute Gasteiger partial charge is 0.262 e. The highest BCUT2D eigenvalue weighted by atomic mass is 32.1. The average molecular weight is 341 g/mol. The van der Waals surface area contributed by atoms with Crippen LogP contribution in [0, 0.1) is 20.8 Å². The van der Waals surface area contributed by atoms with Gasteiger partial charge in [-0.2, -0.15) is 0 Å². The topological polar surface area (TPSA) is 68.0 Å². The number of aryl methyl sites for hydroxylation is 4. The highest BCUT2D eigenvalue weighted by Gasteiger charge is 2.20. The zero-order valence-electron chi connectivity index (χ0n) is 14.1. The Morgan fingerprint density at radius 3 is 2.75 bits per heavy atom. The van der Waals surface area contributed by atoms with E-state index < -0.39 is 0 Å². The molecule has 0 spiro atoms. The molecule has 2 heterocycles. The van der Waals surface area contributed by atoms with Crippen LogP contribution in [-0.4, -0.2) is 16.0 Å². The summed E-state index contributed by atoms with van der Waals surface area (Å²) in [6.45, 7) is 7.84. The van der Waals surface area contributed by atoms with Gasteiger partial charge in [0, 0.05) is 10.9 Å². The number of amides is 1. The normalized spacial score (nSPS) is 10.8. The second-order valence-corrected chi connectivity index (χ2v) is 6.56. The lowest BCUT2D eigenvalue weighted by atomic mass is 10.1. The van der Waals surface area contributed by atoms with E-state index in [0.717, 1.165) is 11.3 Å². The molecule has 124 valence electrons. The van der Waals surface area contributed by atoms with Crippen molar-refractivity contribution in [3.8, 4) is 11.3 Å². The summed E-state index contributed by atoms with van der Waals surface area (Å²) >= 11 is 1.41. The summed E-state index contributed by atoms with van der Waals surface area (Å²) in [5, 5.41) is 9.27. The zero-order chi connectivity index (χ0) is 17.3. The summed E-state index contributed by atoms with van der Waals surface area (Å²) in [6, 6.07) is 6.23. The number of nitrogens with zero attached hydrogens (tertiary/aromatic N) is 2. The Labute approximate surface area is 144 Å². The summed E-state index contributed by atoms with van der Waals surface area (Å²) in [5.74, 6) is 0.293. The molecule has 24 heavy (non-hydrogen) atoms. The summed E-state index contributed by atoms with van der Waals surface area (Å²) in [7, 11) is 0. The summed E-state index contributed by atoms with van der Waals surface area (Å²) in [5.41, 5.74) is 5.54. The molecule has 0 saturated heterocycles. The van der Waals surface area contributed by atoms with Gasteiger partial charge in [0.05, 0.1) is 11.4 Å². The van der Waals surface area contributed by atoms with Crippen molar-refractivity contribution in [2.45, 2.75) is 34.1 Å². The van der Waals surface area contributed by atoms with Crippen LogP contribution in [0.3, 0.4) is 0 Å². The Hall–Kier alpha value is -2.47. The van der Waals surface area contributed by atoms with Gasteiger partial charge in [-0.25, -0.2) is 4.98 Å². The van der Waals surface area contributed by atoms with Crippen molar-refractivity contribution in [3.05, 3.63) is 51.7 Å². The van der Waals surface area contributed by atoms with Crippen molar-refractivity contribution < 1.29 is 9.32 Å². The van der Waals surface area contributed by atoms with E-state index >= 15 is 0 Å². The monoisotopic (exact) mass is 341 g/mol. The van der Waals surface area contributed by atoms with Gasteiger partial charge >= 0.3 is 0 Å². The lowest BCUT2D eigenvalue weighted by Gasteiger charge is -2.03. The third kappa shape index (κ3) is 3.10. The predicted molar refractivity (Wildman–Crippen MR) is 95.6 cm³/mol. The molecule has 2 aromatic heterocycles. The summed E-state index contributed by atoms with van der Waals surface area (Å²) in [6.07, 6.45) is 0.645. The SMILES string of the molecule is CCc1noc(C)c1C(=O)Nc1nc(-c2ccc(C)c(C)c2)cs1. The Morgan fingerprint density at radius 2 is 2.04 bits per heavy atom. The van der Waals surface area contributed by atoms with Crippen LogP contribution in [-0.2, 0) is 6.42 Å². The standard InChI is InChI=1S/C18H19N3O2S/c1-5-14-16(12(4)23-21-14)17(22)20-18-19-15(9-24-18)13-7-6-10(2)11(3)8-13/h6-9H,5H2,1-4H3,(H,19,20,22). The zero-order valence-corrected chi connectivity index (χ0v) is 15.0. The first kappa shape index (κ1) is 16.4. The number of hydrogen-bond acceptors (Lipinski definition) is 5. The molecule has 0 fully saturated rings. The quantitative estimate of drug-likeness (QED) is 0.756. The molecule has 3 aromatic rings. The number of aromatic nitrogens is 2. The van der Waals surface area contributed by atoms with Crippen LogP contribution in [0.15, 0.2) is 28.1 Å². The minimum atomic E-state index is -0.230. The fraction of sp³-hybridized carbons (Fsp3) is 0.278. The van der Waals surface area contributed by atoms with Crippen LogP contribution in [0.4, 0.5) is 5.13 Å². The number of anilines is 1. The molecule has 3 rings (SSSR count). The third-order valence-corrected chi connectivity index (χ3v) is 4.78. The van der Waals surface area contributed by atoms with Gasteiger partial charge in [-0.05, 0) is 44.4 Å². The largest absolute Gasteiger partial charge is 0.361 e. The lowest BCUT2D eigenvalue weighted by Crippen LogP contribution is -2.14. The van der Waals surface area contributed by atoms with E-state index in [1.807, 2.05) is 18.4 Å². The molecule has 5 nitrogen and oxygen atoms in total. The van der Waals surface area contributed by atoms with Crippen molar-refractivity contribution in [1.82, 2.24) is 10.1 Å². The van der Waals surface area contributed by atoms with Crippen LogP contribution in [0.1, 0.15) is 39.9 Å². The van der Waals surface area contributed by atoms with E-state index in [0.29, 0.717) is 28.6 Å². The van der Waals surface area contributed by atoms with Gasteiger partial charge in [0.15, 0.2) is 5.13 Å². The molecular formula is C18H19N3O2S. The number of carbonyl (C=O) groups excluding carboxylic acids is 1. The molecule has 0 bridgehead atoms. The van der Waals surface area contributed by atoms with E-state index in [9.17, 15) is 4.79 Å². The van der Waals surface area contributed by atoms with Crippen LogP contribution in [0.2, 0.25) is 0 Å². The first-order valence-corrected chi connectivity index (χ1v) is 8.67. The molecular weight excluding hydrogens is 322 g/mol. The minimum Gasteiger partial charge on any atom is -0.361 e. The van der Waals surface area contributed by atoms with Gasteiger partial charge in [-0.1, -0.05) is 24.2 Å². The van der Waals surface area contributed by atoms with E-state index in [1.54, 1.807) is 6.92 Å². The van der Waals surface area contributed by atoms with E-state index in [2.05, 4.69) is 41.4 Å². The lowest BCUT2D eigenvalue weighted by molar-refractivity contribution is 0.102. The van der Waals surface area contributed by atoms with Gasteiger partial charge in [-0.15, -0.1) is 11.3 Å². The molecule has 1 N–H and O–H groups in total. The Morgan fingerprint density at radius 1 is 1.25 bits per heavy atom. The van der Waals surface area contributed by atoms with Crippen molar-refractivity contribution >= 4 is 22.4 Å². The Bertz CT molecular complexity index is 896. The molecule has 0 saturated carbocycles. The van der Waals surface area contributed by atoms with Crippen molar-refractivity contribution in [2.75, 3.05) is 5.32 Å². The number of rotatable bonds is 4. The van der Waals surface area contributed by atoms with Crippen LogP contribution < -0.4 is 5.32 Å². The maximum Gasteiger partial charge on any atom is 0.262 e. The second-order valence-electron chi connectivity index (χ2n) is 5.71. The van der Waals surface area contributed by atoms with Gasteiger partial charge in [0.2, 0.25) is 0 Å². The van der Waals surface area contributed by atoms with Gasteiger partial charge < -0.3 is 4.52 Å². The third-order valence-electron chi connectivity index (χ3n) is 4.02. The maximum absolute atomic E-state index is 12.5. The average Bonchev–Trinajstić information content (AvgIpc) is 3.16. The summed E-state index contributed by atoms with van der Waals surface area (Å²) < 4.78 is 5.12. The molecule has 0 atom stereocenters. The van der Waals surface area contributed by atoms with E-state index in [4.69, 9.17) is 4.52 Å². The first-order chi connectivity index (χ1) is 11.5. The van der Waals surface area contributed by atoms with Crippen LogP contribution in [0.5, 0.6) is 0 Å². The minimum absolute atomic E-state index is 0.230. The molecule has 0 unspecified atom stereocenters. The molecule has 0 aliphatic heterocycles. The van der Waals surface area contributed by atoms with Gasteiger partial charge in [0.25, 0.3) is 5.91 Å². The highest BCUT2D eigenvalue weighted by molar-refractivity contribution is 7.14. The molecule has 6 heteroatoms. The summed E-state index contributed by atoms with van der Waals surface area (Å²) in [4.78, 5) is 17.0. The highest BCUT2D eigenvalue weighted by Crippen LogP contribution is 2.27. The number of hydrogen-bond donors (Lipinski definition) is 1. The van der Waals surface area contributed by atoms with Gasteiger partial charge in [0.1, 0.15) is 11.3 Å². The molecule has 0 radical (unpaired) electrons. The molecule has 1 amide bonds. The fourth-order valence-electron chi connectivity index (χ4n) is 2.47. The maximum atomic E-state index is 12.5. The first-order valence-electron chi connectivity index (χ1n) is 7.79. The Kier molecular flexibility index (Phi) is 4.49. The number of thiazole rings is 1. The molecule has 0 aliphatic rings. The van der Waals surface area contributed by atoms with E-state index in [-0.39, 0.29) is 5.91 Å². The van der Waals surface area contributed by atoms with Crippen molar-refractivity contribution in [1.29, 1.82) is 0 Å². The predicted octanol–water partition coefficient (Wildman–Crippen LogP) is 4.54. The number of carbonyl (C=O) groups is 1. The number of nitrogens with one attached hydrogen (secondary N) is 1. The Balaban J connectivity index is 1.82. The molecule has 1 aromatic carbocycles.